The Kier molecular flexibility index (Phi) is 9.58. The number of aryl methyl sites for hydroxylation is 4. The number of anilines is 4. The van der Waals surface area contributed by atoms with Gasteiger partial charge in [-0.3, -0.25) is 27.8 Å². The maximum Gasteiger partial charge on any atom is 0.334 e. The van der Waals surface area contributed by atoms with Crippen molar-refractivity contribution in [2.24, 2.45) is 0 Å². The molecule has 6 rings (SSSR count). The van der Waals surface area contributed by atoms with E-state index in [2.05, 4.69) is 100 Å². The molecule has 260 valence electrons. The van der Waals surface area contributed by atoms with Crippen molar-refractivity contribution < 1.29 is 9.13 Å². The average molecular weight is 699 g/mol. The fraction of sp³-hybridized carbons (Fsp3) is 0.385. The molecule has 4 aromatic rings. The van der Waals surface area contributed by atoms with E-state index in [1.165, 1.54) is 22.3 Å². The number of hydrogen-bond donors (Lipinski definition) is 0. The van der Waals surface area contributed by atoms with E-state index in [1.54, 1.807) is 0 Å². The molecule has 0 saturated heterocycles. The lowest BCUT2D eigenvalue weighted by atomic mass is 9.93. The van der Waals surface area contributed by atoms with Crippen LogP contribution in [0, 0.1) is 27.7 Å². The predicted octanol–water partition coefficient (Wildman–Crippen LogP) is 9.98. The summed E-state index contributed by atoms with van der Waals surface area (Å²) in [5.74, 6) is 0. The predicted molar refractivity (Wildman–Crippen MR) is 211 cm³/mol. The van der Waals surface area contributed by atoms with Gasteiger partial charge in [0, 0.05) is 63.5 Å². The summed E-state index contributed by atoms with van der Waals surface area (Å²) in [6.07, 6.45) is 2.67. The van der Waals surface area contributed by atoms with Crippen LogP contribution in [0.3, 0.4) is 0 Å². The molecule has 2 heterocycles. The second kappa shape index (κ2) is 13.3. The van der Waals surface area contributed by atoms with Gasteiger partial charge in [-0.1, -0.05) is 55.0 Å². The second-order valence-electron chi connectivity index (χ2n) is 13.8. The Labute approximate surface area is 294 Å². The van der Waals surface area contributed by atoms with E-state index in [1.807, 2.05) is 70.3 Å². The molecule has 4 aromatic carbocycles. The molecule has 0 saturated carbocycles. The van der Waals surface area contributed by atoms with Gasteiger partial charge in [-0.2, -0.15) is 0 Å². The summed E-state index contributed by atoms with van der Waals surface area (Å²) in [4.78, 5) is 0. The van der Waals surface area contributed by atoms with Gasteiger partial charge in [-0.05, 0) is 101 Å². The normalized spacial score (nSPS) is 16.2. The summed E-state index contributed by atoms with van der Waals surface area (Å²) in [6.45, 7) is 9.90. The molecule has 10 heteroatoms. The number of benzene rings is 4. The van der Waals surface area contributed by atoms with E-state index in [-0.39, 0.29) is 0 Å². The maximum atomic E-state index is 15.3. The summed E-state index contributed by atoms with van der Waals surface area (Å²) >= 11 is 0. The van der Waals surface area contributed by atoms with Crippen LogP contribution >= 0.6 is 15.2 Å². The Morgan fingerprint density at radius 1 is 0.449 bits per heavy atom. The lowest BCUT2D eigenvalue weighted by molar-refractivity contribution is 0.423. The number of hydrogen-bond acceptors (Lipinski definition) is 2. The zero-order valence-corrected chi connectivity index (χ0v) is 32.6. The zero-order chi connectivity index (χ0) is 35.4. The highest BCUT2D eigenvalue weighted by atomic mass is 31.2. The smallest absolute Gasteiger partial charge is 0.297 e. The number of nitrogens with zero attached hydrogens (tertiary/aromatic N) is 6. The summed E-state index contributed by atoms with van der Waals surface area (Å²) in [5.41, 5.74) is 13.3. The van der Waals surface area contributed by atoms with Crippen LogP contribution in [-0.4, -0.2) is 64.7 Å². The SMILES string of the molecule is Cc1cccc2c1-c1c(C)cccc1N(C)P(=O)(N(C)CCCCCN(C)P1(=O)N(C)c3cccc(C)c3-c3c(C)cccc3N1C)N2C. The summed E-state index contributed by atoms with van der Waals surface area (Å²) < 4.78 is 42.6. The zero-order valence-electron chi connectivity index (χ0n) is 30.9. The van der Waals surface area contributed by atoms with Gasteiger partial charge in [0.1, 0.15) is 0 Å². The molecule has 2 aliphatic heterocycles. The molecule has 0 radical (unpaired) electrons. The van der Waals surface area contributed by atoms with Crippen molar-refractivity contribution >= 4 is 37.9 Å². The fourth-order valence-corrected chi connectivity index (χ4v) is 13.2. The van der Waals surface area contributed by atoms with Gasteiger partial charge in [0.2, 0.25) is 0 Å². The second-order valence-corrected chi connectivity index (χ2v) is 19.6. The maximum absolute atomic E-state index is 15.3. The molecule has 0 atom stereocenters. The van der Waals surface area contributed by atoms with Gasteiger partial charge >= 0.3 is 15.2 Å². The molecule has 0 N–H and O–H groups in total. The minimum absolute atomic E-state index is 0.675. The van der Waals surface area contributed by atoms with Gasteiger partial charge in [0.25, 0.3) is 0 Å². The first-order chi connectivity index (χ1) is 23.3. The van der Waals surface area contributed by atoms with Gasteiger partial charge in [-0.25, -0.2) is 9.34 Å². The van der Waals surface area contributed by atoms with Crippen LogP contribution in [0.4, 0.5) is 22.7 Å². The quantitative estimate of drug-likeness (QED) is 0.133. The molecule has 49 heavy (non-hydrogen) atoms. The first-order valence-electron chi connectivity index (χ1n) is 17.3. The molecular formula is C39H52N6O2P2. The van der Waals surface area contributed by atoms with Crippen LogP contribution in [0.1, 0.15) is 41.5 Å². The molecule has 0 aliphatic carbocycles. The largest absolute Gasteiger partial charge is 0.334 e. The average Bonchev–Trinajstić information content (AvgIpc) is 3.21. The highest BCUT2D eigenvalue weighted by Gasteiger charge is 2.44. The highest BCUT2D eigenvalue weighted by molar-refractivity contribution is 7.65. The van der Waals surface area contributed by atoms with Crippen molar-refractivity contribution in [2.75, 3.05) is 74.1 Å². The molecule has 2 aliphatic rings. The van der Waals surface area contributed by atoms with Crippen LogP contribution < -0.4 is 18.7 Å². The van der Waals surface area contributed by atoms with Crippen molar-refractivity contribution in [3.05, 3.63) is 95.1 Å². The highest BCUT2D eigenvalue weighted by Crippen LogP contribution is 2.64. The lowest BCUT2D eigenvalue weighted by Crippen LogP contribution is -2.36. The van der Waals surface area contributed by atoms with Gasteiger partial charge in [0.15, 0.2) is 0 Å². The van der Waals surface area contributed by atoms with Crippen LogP contribution in [-0.2, 0) is 9.13 Å². The first-order valence-corrected chi connectivity index (χ1v) is 20.4. The van der Waals surface area contributed by atoms with Gasteiger partial charge in [0.05, 0.1) is 22.7 Å². The van der Waals surface area contributed by atoms with Gasteiger partial charge in [-0.15, -0.1) is 0 Å². The standard InChI is InChI=1S/C39H52N6O2P2/c1-28-18-14-22-32-36(28)37-29(2)19-15-23-33(37)43(8)48(46,42(32)7)40(5)26-12-11-13-27-41(6)49(47)44(9)34-24-16-20-30(3)38(34)39-31(4)21-17-25-35(39)45(49)10/h14-25H,11-13,26-27H2,1-10H3. The number of fused-ring (bicyclic) bond motifs is 6. The fourth-order valence-electron chi connectivity index (χ4n) is 7.99. The summed E-state index contributed by atoms with van der Waals surface area (Å²) in [5, 5.41) is 0. The van der Waals surface area contributed by atoms with E-state index in [9.17, 15) is 0 Å². The van der Waals surface area contributed by atoms with Crippen LogP contribution in [0.15, 0.2) is 72.8 Å². The number of rotatable bonds is 8. The third-order valence-corrected chi connectivity index (χ3v) is 17.0. The monoisotopic (exact) mass is 698 g/mol. The molecular weight excluding hydrogens is 646 g/mol. The van der Waals surface area contributed by atoms with Crippen LogP contribution in [0.25, 0.3) is 22.3 Å². The van der Waals surface area contributed by atoms with Crippen molar-refractivity contribution in [3.63, 3.8) is 0 Å². The lowest BCUT2D eigenvalue weighted by Gasteiger charge is -2.41. The summed E-state index contributed by atoms with van der Waals surface area (Å²) in [7, 11) is 5.47. The summed E-state index contributed by atoms with van der Waals surface area (Å²) in [6, 6.07) is 25.2. The Morgan fingerprint density at radius 3 is 0.939 bits per heavy atom. The molecule has 0 amide bonds. The first kappa shape index (κ1) is 35.3. The minimum Gasteiger partial charge on any atom is -0.297 e. The minimum atomic E-state index is -3.19. The Hall–Kier alpha value is -3.54. The van der Waals surface area contributed by atoms with E-state index in [0.29, 0.717) is 13.1 Å². The van der Waals surface area contributed by atoms with E-state index >= 15 is 9.13 Å². The van der Waals surface area contributed by atoms with Crippen LogP contribution in [0.5, 0.6) is 0 Å². The van der Waals surface area contributed by atoms with E-state index in [4.69, 9.17) is 0 Å². The molecule has 0 bridgehead atoms. The molecule has 0 fully saturated rings. The molecule has 0 spiro atoms. The van der Waals surface area contributed by atoms with Crippen molar-refractivity contribution in [3.8, 4) is 22.3 Å². The Bertz CT molecular complexity index is 1730. The van der Waals surface area contributed by atoms with Gasteiger partial charge < -0.3 is 0 Å². The number of unbranched alkanes of at least 4 members (excludes halogenated alkanes) is 2. The van der Waals surface area contributed by atoms with Crippen molar-refractivity contribution in [2.45, 2.75) is 47.0 Å². The Morgan fingerprint density at radius 2 is 0.694 bits per heavy atom. The van der Waals surface area contributed by atoms with Crippen LogP contribution in [0.2, 0.25) is 0 Å². The molecule has 0 unspecified atom stereocenters. The topological polar surface area (TPSA) is 53.6 Å². The van der Waals surface area contributed by atoms with E-state index < -0.39 is 15.2 Å². The molecule has 0 aromatic heterocycles. The molecule has 8 nitrogen and oxygen atoms in total. The van der Waals surface area contributed by atoms with Crippen molar-refractivity contribution in [1.29, 1.82) is 0 Å². The third-order valence-electron chi connectivity index (χ3n) is 10.8. The Balaban J connectivity index is 1.19. The van der Waals surface area contributed by atoms with Crippen molar-refractivity contribution in [1.82, 2.24) is 9.34 Å². The van der Waals surface area contributed by atoms with E-state index in [0.717, 1.165) is 64.3 Å². The third kappa shape index (κ3) is 5.52.